The lowest BCUT2D eigenvalue weighted by molar-refractivity contribution is -0.0498. The average Bonchev–Trinajstić information content (AvgIpc) is 2.46. The van der Waals surface area contributed by atoms with Crippen LogP contribution in [-0.4, -0.2) is 22.2 Å². The summed E-state index contributed by atoms with van der Waals surface area (Å²) in [4.78, 5) is 24.0. The van der Waals surface area contributed by atoms with Crippen molar-refractivity contribution in [3.05, 3.63) is 51.9 Å². The monoisotopic (exact) mass is 306 g/mol. The number of fused-ring (bicyclic) bond motifs is 1. The maximum atomic E-state index is 12.3. The lowest BCUT2D eigenvalue weighted by Crippen LogP contribution is -2.27. The van der Waals surface area contributed by atoms with E-state index in [1.165, 1.54) is 30.3 Å². The first kappa shape index (κ1) is 14.4. The predicted octanol–water partition coefficient (Wildman–Crippen LogP) is 2.35. The van der Waals surface area contributed by atoms with Crippen LogP contribution >= 0.6 is 0 Å². The first-order valence-electron chi connectivity index (χ1n) is 6.76. The maximum Gasteiger partial charge on any atom is 0.387 e. The number of hydrogen-bond donors (Lipinski definition) is 0. The third-order valence-corrected chi connectivity index (χ3v) is 3.41. The quantitative estimate of drug-likeness (QED) is 0.873. The Kier molecular flexibility index (Phi) is 3.70. The van der Waals surface area contributed by atoms with E-state index in [1.807, 2.05) is 0 Å². The lowest BCUT2D eigenvalue weighted by atomic mass is 9.96. The Bertz CT molecular complexity index is 787. The minimum Gasteiger partial charge on any atom is -0.435 e. The summed E-state index contributed by atoms with van der Waals surface area (Å²) in [6.07, 6.45) is 1.74. The number of aromatic nitrogens is 2. The normalized spacial score (nSPS) is 14.0. The molecule has 0 amide bonds. The van der Waals surface area contributed by atoms with Crippen LogP contribution in [0.15, 0.2) is 35.1 Å². The Morgan fingerprint density at radius 3 is 2.77 bits per heavy atom. The van der Waals surface area contributed by atoms with Crippen molar-refractivity contribution in [1.82, 2.24) is 9.78 Å². The van der Waals surface area contributed by atoms with Crippen LogP contribution in [0, 0.1) is 0 Å². The molecular weight excluding hydrogens is 294 g/mol. The highest BCUT2D eigenvalue weighted by atomic mass is 19.3. The number of rotatable bonds is 3. The van der Waals surface area contributed by atoms with Gasteiger partial charge in [0.25, 0.3) is 5.56 Å². The van der Waals surface area contributed by atoms with E-state index in [-0.39, 0.29) is 22.9 Å². The Morgan fingerprint density at radius 1 is 1.18 bits per heavy atom. The summed E-state index contributed by atoms with van der Waals surface area (Å²) >= 11 is 0. The second kappa shape index (κ2) is 5.67. The molecular formula is C15H12F2N2O3. The van der Waals surface area contributed by atoms with Gasteiger partial charge in [0.2, 0.25) is 0 Å². The van der Waals surface area contributed by atoms with Gasteiger partial charge in [0.15, 0.2) is 5.78 Å². The molecule has 3 rings (SSSR count). The lowest BCUT2D eigenvalue weighted by Gasteiger charge is -2.15. The second-order valence-electron chi connectivity index (χ2n) is 4.92. The van der Waals surface area contributed by atoms with E-state index in [2.05, 4.69) is 9.84 Å². The molecule has 1 aromatic heterocycles. The first-order valence-corrected chi connectivity index (χ1v) is 6.76. The minimum absolute atomic E-state index is 0.0785. The molecule has 0 saturated heterocycles. The SMILES string of the molecule is O=C1CCCc2cc(=O)n(-c3cccc(OC(F)F)c3)nc21. The predicted molar refractivity (Wildman–Crippen MR) is 73.7 cm³/mol. The van der Waals surface area contributed by atoms with Crippen LogP contribution in [-0.2, 0) is 6.42 Å². The van der Waals surface area contributed by atoms with Gasteiger partial charge in [0, 0.05) is 18.6 Å². The Balaban J connectivity index is 2.07. The molecule has 1 aliphatic carbocycles. The zero-order valence-electron chi connectivity index (χ0n) is 11.5. The molecule has 5 nitrogen and oxygen atoms in total. The summed E-state index contributed by atoms with van der Waals surface area (Å²) in [5.41, 5.74) is 0.760. The molecule has 2 aromatic rings. The van der Waals surface area contributed by atoms with Crippen LogP contribution in [0.25, 0.3) is 5.69 Å². The molecule has 0 atom stereocenters. The summed E-state index contributed by atoms with van der Waals surface area (Å²) in [5.74, 6) is -0.194. The fraction of sp³-hybridized carbons (Fsp3) is 0.267. The molecule has 1 heterocycles. The van der Waals surface area contributed by atoms with Gasteiger partial charge in [-0.3, -0.25) is 9.59 Å². The van der Waals surface area contributed by atoms with Crippen LogP contribution in [0.2, 0.25) is 0 Å². The number of ether oxygens (including phenoxy) is 1. The van der Waals surface area contributed by atoms with Gasteiger partial charge in [-0.1, -0.05) is 6.07 Å². The van der Waals surface area contributed by atoms with Gasteiger partial charge in [0.1, 0.15) is 11.4 Å². The highest BCUT2D eigenvalue weighted by Crippen LogP contribution is 2.20. The molecule has 0 spiro atoms. The van der Waals surface area contributed by atoms with Gasteiger partial charge in [0.05, 0.1) is 5.69 Å². The molecule has 1 aliphatic rings. The van der Waals surface area contributed by atoms with Crippen molar-refractivity contribution in [3.63, 3.8) is 0 Å². The number of alkyl halides is 2. The topological polar surface area (TPSA) is 61.2 Å². The number of benzene rings is 1. The fourth-order valence-corrected chi connectivity index (χ4v) is 2.45. The third kappa shape index (κ3) is 2.74. The summed E-state index contributed by atoms with van der Waals surface area (Å²) < 4.78 is 29.9. The van der Waals surface area contributed by atoms with E-state index in [4.69, 9.17) is 0 Å². The summed E-state index contributed by atoms with van der Waals surface area (Å²) in [5, 5.41) is 4.10. The summed E-state index contributed by atoms with van der Waals surface area (Å²) in [6.45, 7) is -2.95. The van der Waals surface area contributed by atoms with Crippen molar-refractivity contribution in [2.45, 2.75) is 25.9 Å². The van der Waals surface area contributed by atoms with Gasteiger partial charge in [-0.05, 0) is 30.5 Å². The van der Waals surface area contributed by atoms with E-state index in [0.717, 1.165) is 4.68 Å². The Hall–Kier alpha value is -2.57. The van der Waals surface area contributed by atoms with Crippen molar-refractivity contribution in [1.29, 1.82) is 0 Å². The number of halogens is 2. The van der Waals surface area contributed by atoms with Gasteiger partial charge in [-0.15, -0.1) is 0 Å². The number of Topliss-reactive ketones (excluding diaryl/α,β-unsaturated/α-hetero) is 1. The second-order valence-corrected chi connectivity index (χ2v) is 4.92. The number of carbonyl (C=O) groups excluding carboxylic acids is 1. The number of hydrogen-bond acceptors (Lipinski definition) is 4. The first-order chi connectivity index (χ1) is 10.5. The van der Waals surface area contributed by atoms with Crippen molar-refractivity contribution in [2.75, 3.05) is 0 Å². The maximum absolute atomic E-state index is 12.3. The molecule has 0 aliphatic heterocycles. The van der Waals surface area contributed by atoms with E-state index in [1.54, 1.807) is 0 Å². The van der Waals surface area contributed by atoms with Crippen LogP contribution < -0.4 is 10.3 Å². The third-order valence-electron chi connectivity index (χ3n) is 3.41. The number of nitrogens with zero attached hydrogens (tertiary/aromatic N) is 2. The number of carbonyl (C=O) groups is 1. The minimum atomic E-state index is -2.95. The molecule has 114 valence electrons. The van der Waals surface area contributed by atoms with Crippen LogP contribution in [0.5, 0.6) is 5.75 Å². The molecule has 0 fully saturated rings. The fourth-order valence-electron chi connectivity index (χ4n) is 2.45. The molecule has 0 bridgehead atoms. The Labute approximate surface area is 124 Å². The highest BCUT2D eigenvalue weighted by Gasteiger charge is 2.21. The highest BCUT2D eigenvalue weighted by molar-refractivity contribution is 5.96. The molecule has 0 saturated carbocycles. The molecule has 0 N–H and O–H groups in total. The zero-order chi connectivity index (χ0) is 15.7. The van der Waals surface area contributed by atoms with Crippen molar-refractivity contribution in [3.8, 4) is 11.4 Å². The number of aryl methyl sites for hydroxylation is 1. The molecule has 1 aromatic carbocycles. The largest absolute Gasteiger partial charge is 0.435 e. The van der Waals surface area contributed by atoms with Crippen LogP contribution in [0.3, 0.4) is 0 Å². The van der Waals surface area contributed by atoms with Crippen molar-refractivity contribution >= 4 is 5.78 Å². The van der Waals surface area contributed by atoms with E-state index in [0.29, 0.717) is 24.8 Å². The van der Waals surface area contributed by atoms with Gasteiger partial charge >= 0.3 is 6.61 Å². The van der Waals surface area contributed by atoms with E-state index < -0.39 is 12.2 Å². The average molecular weight is 306 g/mol. The molecule has 7 heteroatoms. The van der Waals surface area contributed by atoms with Crippen LogP contribution in [0.4, 0.5) is 8.78 Å². The molecule has 22 heavy (non-hydrogen) atoms. The van der Waals surface area contributed by atoms with E-state index >= 15 is 0 Å². The number of ketones is 1. The zero-order valence-corrected chi connectivity index (χ0v) is 11.5. The standard InChI is InChI=1S/C15H12F2N2O3/c16-15(17)22-11-5-2-4-10(8-11)19-13(21)7-9-3-1-6-12(20)14(9)18-19/h2,4-5,7-8,15H,1,3,6H2. The Morgan fingerprint density at radius 2 is 2.00 bits per heavy atom. The van der Waals surface area contributed by atoms with E-state index in [9.17, 15) is 18.4 Å². The molecule has 0 unspecified atom stereocenters. The van der Waals surface area contributed by atoms with Gasteiger partial charge < -0.3 is 4.74 Å². The van der Waals surface area contributed by atoms with Gasteiger partial charge in [-0.25, -0.2) is 0 Å². The van der Waals surface area contributed by atoms with Gasteiger partial charge in [-0.2, -0.15) is 18.6 Å². The van der Waals surface area contributed by atoms with Crippen molar-refractivity contribution in [2.24, 2.45) is 0 Å². The summed E-state index contributed by atoms with van der Waals surface area (Å²) in [6, 6.07) is 7.01. The molecule has 0 radical (unpaired) electrons. The smallest absolute Gasteiger partial charge is 0.387 e. The van der Waals surface area contributed by atoms with Crippen molar-refractivity contribution < 1.29 is 18.3 Å². The van der Waals surface area contributed by atoms with Crippen LogP contribution in [0.1, 0.15) is 28.9 Å². The summed E-state index contributed by atoms with van der Waals surface area (Å²) in [7, 11) is 0.